The highest BCUT2D eigenvalue weighted by Crippen LogP contribution is 2.69. The first-order chi connectivity index (χ1) is 26.2. The van der Waals surface area contributed by atoms with Crippen molar-refractivity contribution in [1.29, 1.82) is 0 Å². The second-order valence-electron chi connectivity index (χ2n) is 16.8. The summed E-state index contributed by atoms with van der Waals surface area (Å²) in [5.74, 6) is -2.25. The third-order valence-electron chi connectivity index (χ3n) is 13.1. The van der Waals surface area contributed by atoms with E-state index in [1.165, 1.54) is 6.07 Å². The Balaban J connectivity index is 0.989. The molecule has 2 aromatic rings. The van der Waals surface area contributed by atoms with E-state index in [0.717, 1.165) is 24.8 Å². The summed E-state index contributed by atoms with van der Waals surface area (Å²) in [5.41, 5.74) is 0.0194. The van der Waals surface area contributed by atoms with E-state index in [-0.39, 0.29) is 41.3 Å². The lowest BCUT2D eigenvalue weighted by Gasteiger charge is -2.59. The van der Waals surface area contributed by atoms with E-state index >= 15 is 0 Å². The molecule has 0 amide bonds. The summed E-state index contributed by atoms with van der Waals surface area (Å²) >= 11 is 0. The minimum atomic E-state index is -1.40. The summed E-state index contributed by atoms with van der Waals surface area (Å²) < 4.78 is 30.0. The van der Waals surface area contributed by atoms with E-state index in [9.17, 15) is 24.3 Å². The van der Waals surface area contributed by atoms with Gasteiger partial charge in [0.05, 0.1) is 30.0 Å². The van der Waals surface area contributed by atoms with Gasteiger partial charge in [-0.1, -0.05) is 57.0 Å². The highest BCUT2D eigenvalue weighted by atomic mass is 16.7. The van der Waals surface area contributed by atoms with Crippen LogP contribution in [-0.2, 0) is 39.8 Å². The van der Waals surface area contributed by atoms with Crippen LogP contribution in [0.5, 0.6) is 5.75 Å². The number of hydrogen-bond acceptors (Lipinski definition) is 12. The van der Waals surface area contributed by atoms with Gasteiger partial charge >= 0.3 is 11.9 Å². The Morgan fingerprint density at radius 3 is 2.64 bits per heavy atom. The van der Waals surface area contributed by atoms with Crippen LogP contribution >= 0.6 is 0 Å². The Morgan fingerprint density at radius 1 is 1.04 bits per heavy atom. The lowest BCUT2D eigenvalue weighted by molar-refractivity contribution is -0.201. The zero-order chi connectivity index (χ0) is 38.9. The molecule has 8 unspecified atom stereocenters. The number of cyclic esters (lactones) is 1. The van der Waals surface area contributed by atoms with E-state index in [1.54, 1.807) is 62.4 Å². The number of fused-ring (bicyclic) bond motifs is 8. The van der Waals surface area contributed by atoms with E-state index in [1.807, 2.05) is 19.9 Å². The van der Waals surface area contributed by atoms with Crippen molar-refractivity contribution in [3.05, 3.63) is 77.4 Å². The Labute approximate surface area is 320 Å². The standard InChI is InChI=1S/C43H48N2O10/c1-6-9-37-52-35-21-30-28-14-12-25-19-27(46)16-17-41(25,4)38(28)32(47)22-42(30,5)43(35,54-37)34(48)23-51-36(49)18-24-10-7-8-11-31(24)45-44-26-13-15-33-29(20-26)39(50)55-40(2,3)53-33/h7-8,10-11,13,15-17,19-20,28,30,32,35,37-38,47H,6,9,12,14,18,21-23H2,1-5H3/t28?,30?,32?,35?,37?,38?,41?,42?,43-/m1/s1. The highest BCUT2D eigenvalue weighted by Gasteiger charge is 2.76. The summed E-state index contributed by atoms with van der Waals surface area (Å²) in [6.07, 6.45) is 7.12. The SMILES string of the molecule is CCCC1OC2CC3C4CCC5=CC(=O)C=CC5(C)C4C(O)CC3(C)[C@]2(C(=O)COC(=O)Cc2ccccc2N=Nc2ccc3c(c2)C(=O)OC(C)(C)O3)O1. The number of azo groups is 1. The maximum atomic E-state index is 14.6. The van der Waals surface area contributed by atoms with E-state index in [4.69, 9.17) is 23.7 Å². The maximum absolute atomic E-state index is 14.6. The van der Waals surface area contributed by atoms with E-state index in [0.29, 0.717) is 42.0 Å². The van der Waals surface area contributed by atoms with Gasteiger partial charge in [-0.3, -0.25) is 14.4 Å². The van der Waals surface area contributed by atoms with Crippen molar-refractivity contribution in [3.8, 4) is 5.75 Å². The van der Waals surface area contributed by atoms with Gasteiger partial charge in [-0.05, 0) is 85.9 Å². The van der Waals surface area contributed by atoms with Gasteiger partial charge in [-0.2, -0.15) is 10.2 Å². The van der Waals surface area contributed by atoms with E-state index in [2.05, 4.69) is 17.2 Å². The summed E-state index contributed by atoms with van der Waals surface area (Å²) in [7, 11) is 0. The van der Waals surface area contributed by atoms with Crippen molar-refractivity contribution >= 4 is 34.9 Å². The number of ketones is 2. The Hall–Kier alpha value is -4.52. The van der Waals surface area contributed by atoms with Crippen molar-refractivity contribution in [1.82, 2.24) is 0 Å². The Morgan fingerprint density at radius 2 is 1.84 bits per heavy atom. The summed E-state index contributed by atoms with van der Waals surface area (Å²) in [5, 5.41) is 20.7. The molecule has 12 heteroatoms. The lowest BCUT2D eigenvalue weighted by Crippen LogP contribution is -2.63. The number of carbonyl (C=O) groups excluding carboxylic acids is 4. The first kappa shape index (κ1) is 37.4. The van der Waals surface area contributed by atoms with Gasteiger partial charge in [-0.15, -0.1) is 0 Å². The molecule has 0 radical (unpaired) electrons. The molecule has 1 saturated heterocycles. The number of rotatable bonds is 9. The third-order valence-corrected chi connectivity index (χ3v) is 13.1. The molecule has 2 aliphatic heterocycles. The quantitative estimate of drug-likeness (QED) is 0.205. The van der Waals surface area contributed by atoms with Crippen molar-refractivity contribution < 1.29 is 48.0 Å². The smallest absolute Gasteiger partial charge is 0.345 e. The number of nitrogens with zero attached hydrogens (tertiary/aromatic N) is 2. The molecule has 3 saturated carbocycles. The number of carbonyl (C=O) groups is 4. The van der Waals surface area contributed by atoms with E-state index < -0.39 is 59.3 Å². The van der Waals surface area contributed by atoms with Gasteiger partial charge in [0.15, 0.2) is 24.3 Å². The number of Topliss-reactive ketones (excluding diaryl/α,β-unsaturated/α-hetero) is 1. The number of esters is 2. The van der Waals surface area contributed by atoms with Crippen molar-refractivity contribution in [2.24, 2.45) is 38.8 Å². The molecular weight excluding hydrogens is 704 g/mol. The number of aliphatic hydroxyl groups is 1. The fourth-order valence-corrected chi connectivity index (χ4v) is 10.7. The monoisotopic (exact) mass is 752 g/mol. The van der Waals surface area contributed by atoms with Crippen molar-refractivity contribution in [3.63, 3.8) is 0 Å². The summed E-state index contributed by atoms with van der Waals surface area (Å²) in [6, 6.07) is 11.8. The largest absolute Gasteiger partial charge is 0.457 e. The van der Waals surface area contributed by atoms with Gasteiger partial charge in [0.2, 0.25) is 11.6 Å². The van der Waals surface area contributed by atoms with Crippen LogP contribution in [0, 0.1) is 28.6 Å². The molecule has 1 N–H and O–H groups in total. The van der Waals surface area contributed by atoms with Crippen LogP contribution < -0.4 is 4.74 Å². The number of allylic oxidation sites excluding steroid dienone is 4. The molecule has 4 aliphatic carbocycles. The first-order valence-electron chi connectivity index (χ1n) is 19.4. The minimum Gasteiger partial charge on any atom is -0.457 e. The topological polar surface area (TPSA) is 159 Å². The number of hydrogen-bond donors (Lipinski definition) is 1. The molecule has 2 heterocycles. The van der Waals surface area contributed by atoms with Crippen LogP contribution in [0.3, 0.4) is 0 Å². The molecule has 2 aromatic carbocycles. The second kappa shape index (κ2) is 13.6. The molecular formula is C43H48N2O10. The predicted octanol–water partition coefficient (Wildman–Crippen LogP) is 7.21. The number of benzene rings is 2. The van der Waals surface area contributed by atoms with Gasteiger partial charge in [0.1, 0.15) is 11.3 Å². The fraction of sp³-hybridized carbons (Fsp3) is 0.535. The number of ether oxygens (including phenoxy) is 5. The molecule has 0 bridgehead atoms. The molecule has 6 aliphatic rings. The van der Waals surface area contributed by atoms with Crippen LogP contribution in [0.1, 0.15) is 89.1 Å². The zero-order valence-electron chi connectivity index (χ0n) is 31.9. The summed E-state index contributed by atoms with van der Waals surface area (Å²) in [6.45, 7) is 8.99. The van der Waals surface area contributed by atoms with Crippen LogP contribution in [-0.4, -0.2) is 65.1 Å². The van der Waals surface area contributed by atoms with Crippen LogP contribution in [0.25, 0.3) is 0 Å². The normalized spacial score (nSPS) is 35.4. The van der Waals surface area contributed by atoms with Crippen LogP contribution in [0.15, 0.2) is 76.5 Å². The van der Waals surface area contributed by atoms with Crippen LogP contribution in [0.2, 0.25) is 0 Å². The molecule has 12 nitrogen and oxygen atoms in total. The van der Waals surface area contributed by atoms with Gasteiger partial charge in [0, 0.05) is 30.6 Å². The van der Waals surface area contributed by atoms with Crippen molar-refractivity contribution in [2.45, 2.75) is 109 Å². The fourth-order valence-electron chi connectivity index (χ4n) is 10.7. The molecule has 290 valence electrons. The second-order valence-corrected chi connectivity index (χ2v) is 16.8. The molecule has 4 fully saturated rings. The average Bonchev–Trinajstić information content (AvgIpc) is 3.62. The van der Waals surface area contributed by atoms with Gasteiger partial charge in [0.25, 0.3) is 0 Å². The Bertz CT molecular complexity index is 2040. The molecule has 0 aromatic heterocycles. The van der Waals surface area contributed by atoms with Gasteiger partial charge in [-0.25, -0.2) is 4.79 Å². The zero-order valence-corrected chi connectivity index (χ0v) is 31.9. The molecule has 9 atom stereocenters. The Kier molecular flexibility index (Phi) is 9.25. The van der Waals surface area contributed by atoms with Gasteiger partial charge < -0.3 is 28.8 Å². The molecule has 8 rings (SSSR count). The molecule has 55 heavy (non-hydrogen) atoms. The first-order valence-corrected chi connectivity index (χ1v) is 19.4. The average molecular weight is 753 g/mol. The van der Waals surface area contributed by atoms with Crippen molar-refractivity contribution in [2.75, 3.05) is 6.61 Å². The predicted molar refractivity (Wildman–Crippen MR) is 198 cm³/mol. The van der Waals surface area contributed by atoms with Crippen LogP contribution in [0.4, 0.5) is 11.4 Å². The minimum absolute atomic E-state index is 0.00917. The number of aliphatic hydroxyl groups excluding tert-OH is 1. The summed E-state index contributed by atoms with van der Waals surface area (Å²) in [4.78, 5) is 52.8. The third kappa shape index (κ3) is 6.17. The maximum Gasteiger partial charge on any atom is 0.345 e. The lowest BCUT2D eigenvalue weighted by atomic mass is 9.46. The highest BCUT2D eigenvalue weighted by molar-refractivity contribution is 6.01. The molecule has 0 spiro atoms.